The summed E-state index contributed by atoms with van der Waals surface area (Å²) in [5, 5.41) is 2.69. The summed E-state index contributed by atoms with van der Waals surface area (Å²) in [5.74, 6) is -1.45. The highest BCUT2D eigenvalue weighted by atomic mass is 32.2. The molecule has 156 valence electrons. The summed E-state index contributed by atoms with van der Waals surface area (Å²) in [6.45, 7) is 2.66. The Kier molecular flexibility index (Phi) is 7.56. The van der Waals surface area contributed by atoms with Crippen LogP contribution >= 0.6 is 11.8 Å². The van der Waals surface area contributed by atoms with Crippen LogP contribution in [0.4, 0.5) is 8.78 Å². The summed E-state index contributed by atoms with van der Waals surface area (Å²) in [7, 11) is 0. The molecule has 9 heteroatoms. The molecule has 1 amide bonds. The molecule has 30 heavy (non-hydrogen) atoms. The first-order chi connectivity index (χ1) is 14.5. The van der Waals surface area contributed by atoms with E-state index in [0.717, 1.165) is 11.3 Å². The van der Waals surface area contributed by atoms with Crippen LogP contribution in [0.3, 0.4) is 0 Å². The molecule has 0 bridgehead atoms. The predicted octanol–water partition coefficient (Wildman–Crippen LogP) is 4.91. The number of nitrogens with zero attached hydrogens (tertiary/aromatic N) is 2. The van der Waals surface area contributed by atoms with Crippen molar-refractivity contribution in [3.63, 3.8) is 0 Å². The second-order valence-corrected chi connectivity index (χ2v) is 6.90. The van der Waals surface area contributed by atoms with E-state index in [1.807, 2.05) is 6.92 Å². The third kappa shape index (κ3) is 6.15. The number of aromatic nitrogens is 2. The van der Waals surface area contributed by atoms with Gasteiger partial charge in [0.25, 0.3) is 11.7 Å². The molecule has 2 aromatic heterocycles. The first-order valence-corrected chi connectivity index (χ1v) is 9.96. The average molecular weight is 431 g/mol. The largest absolute Gasteiger partial charge is 0.494 e. The number of pyridine rings is 2. The van der Waals surface area contributed by atoms with Crippen LogP contribution in [0.25, 0.3) is 0 Å². The Bertz CT molecular complexity index is 987. The van der Waals surface area contributed by atoms with Gasteiger partial charge in [-0.05, 0) is 66.7 Å². The van der Waals surface area contributed by atoms with Crippen LogP contribution in [0.2, 0.25) is 0 Å². The lowest BCUT2D eigenvalue weighted by Gasteiger charge is -2.10. The number of hydrogen-bond acceptors (Lipinski definition) is 6. The maximum Gasteiger partial charge on any atom is 0.290 e. The standard InChI is InChI=1S/C21H19F2N3O3S/c1-2-28-15-5-7-16(8-6-15)29-18-12-14(9-11-24-18)13-26-19(27)17-4-3-10-25-20(17)30-21(22)23/h3-12,21H,2,13H2,1H3,(H,26,27). The van der Waals surface area contributed by atoms with Crippen molar-refractivity contribution in [3.8, 4) is 17.4 Å². The molecule has 6 nitrogen and oxygen atoms in total. The van der Waals surface area contributed by atoms with Gasteiger partial charge in [0.05, 0.1) is 12.2 Å². The molecule has 0 saturated heterocycles. The molecule has 0 unspecified atom stereocenters. The minimum Gasteiger partial charge on any atom is -0.494 e. The topological polar surface area (TPSA) is 73.3 Å². The SMILES string of the molecule is CCOc1ccc(Oc2cc(CNC(=O)c3cccnc3SC(F)F)ccn2)cc1. The lowest BCUT2D eigenvalue weighted by molar-refractivity contribution is 0.0947. The number of carbonyl (C=O) groups is 1. The first kappa shape index (κ1) is 21.5. The van der Waals surface area contributed by atoms with Crippen molar-refractivity contribution in [2.24, 2.45) is 0 Å². The van der Waals surface area contributed by atoms with E-state index in [-0.39, 0.29) is 28.9 Å². The zero-order chi connectivity index (χ0) is 21.3. The van der Waals surface area contributed by atoms with E-state index in [4.69, 9.17) is 9.47 Å². The summed E-state index contributed by atoms with van der Waals surface area (Å²) >= 11 is 0.238. The van der Waals surface area contributed by atoms with Gasteiger partial charge in [-0.15, -0.1) is 0 Å². The summed E-state index contributed by atoms with van der Waals surface area (Å²) in [6, 6.07) is 13.5. The molecule has 3 rings (SSSR count). The molecule has 0 saturated carbocycles. The summed E-state index contributed by atoms with van der Waals surface area (Å²) < 4.78 is 36.4. The van der Waals surface area contributed by atoms with Crippen LogP contribution in [0.5, 0.6) is 17.4 Å². The molecule has 0 fully saturated rings. The molecular formula is C21H19F2N3O3S. The van der Waals surface area contributed by atoms with Crippen molar-refractivity contribution in [3.05, 3.63) is 72.1 Å². The van der Waals surface area contributed by atoms with E-state index in [0.29, 0.717) is 18.2 Å². The fourth-order valence-electron chi connectivity index (χ4n) is 2.53. The molecule has 2 heterocycles. The Hall–Kier alpha value is -3.20. The number of carbonyl (C=O) groups excluding carboxylic acids is 1. The van der Waals surface area contributed by atoms with Gasteiger partial charge in [-0.25, -0.2) is 9.97 Å². The van der Waals surface area contributed by atoms with Crippen molar-refractivity contribution >= 4 is 17.7 Å². The number of halogens is 2. The van der Waals surface area contributed by atoms with Crippen LogP contribution in [0.1, 0.15) is 22.8 Å². The van der Waals surface area contributed by atoms with Gasteiger partial charge < -0.3 is 14.8 Å². The highest BCUT2D eigenvalue weighted by Crippen LogP contribution is 2.26. The molecule has 0 aliphatic rings. The minimum absolute atomic E-state index is 0.0146. The van der Waals surface area contributed by atoms with E-state index in [2.05, 4.69) is 15.3 Å². The van der Waals surface area contributed by atoms with E-state index in [9.17, 15) is 13.6 Å². The van der Waals surface area contributed by atoms with Crippen LogP contribution in [-0.2, 0) is 6.54 Å². The monoisotopic (exact) mass is 431 g/mol. The zero-order valence-electron chi connectivity index (χ0n) is 16.0. The van der Waals surface area contributed by atoms with Crippen molar-refractivity contribution in [1.29, 1.82) is 0 Å². The molecule has 0 aliphatic heterocycles. The summed E-state index contributed by atoms with van der Waals surface area (Å²) in [6.07, 6.45) is 2.93. The Morgan fingerprint density at radius 2 is 1.87 bits per heavy atom. The molecular weight excluding hydrogens is 412 g/mol. The molecule has 0 spiro atoms. The van der Waals surface area contributed by atoms with Crippen molar-refractivity contribution in [2.75, 3.05) is 6.61 Å². The smallest absolute Gasteiger partial charge is 0.290 e. The van der Waals surface area contributed by atoms with Gasteiger partial charge >= 0.3 is 0 Å². The fourth-order valence-corrected chi connectivity index (χ4v) is 3.11. The lowest BCUT2D eigenvalue weighted by atomic mass is 10.2. The van der Waals surface area contributed by atoms with Gasteiger partial charge in [-0.3, -0.25) is 4.79 Å². The fraction of sp³-hybridized carbons (Fsp3) is 0.190. The molecule has 1 aromatic carbocycles. The van der Waals surface area contributed by atoms with Gasteiger partial charge in [-0.1, -0.05) is 0 Å². The Morgan fingerprint density at radius 1 is 1.10 bits per heavy atom. The summed E-state index contributed by atoms with van der Waals surface area (Å²) in [5.41, 5.74) is 0.842. The Morgan fingerprint density at radius 3 is 2.60 bits per heavy atom. The number of ether oxygens (including phenoxy) is 2. The molecule has 1 N–H and O–H groups in total. The van der Waals surface area contributed by atoms with Gasteiger partial charge in [-0.2, -0.15) is 8.78 Å². The number of hydrogen-bond donors (Lipinski definition) is 1. The third-order valence-corrected chi connectivity index (χ3v) is 4.55. The highest BCUT2D eigenvalue weighted by Gasteiger charge is 2.16. The maximum absolute atomic E-state index is 12.7. The van der Waals surface area contributed by atoms with E-state index >= 15 is 0 Å². The van der Waals surface area contributed by atoms with Gasteiger partial charge in [0.2, 0.25) is 5.88 Å². The van der Waals surface area contributed by atoms with Crippen molar-refractivity contribution in [2.45, 2.75) is 24.3 Å². The van der Waals surface area contributed by atoms with E-state index in [1.54, 1.807) is 42.6 Å². The first-order valence-electron chi connectivity index (χ1n) is 9.09. The molecule has 3 aromatic rings. The third-order valence-electron chi connectivity index (χ3n) is 3.83. The van der Waals surface area contributed by atoms with E-state index in [1.165, 1.54) is 18.3 Å². The number of nitrogens with one attached hydrogen (secondary N) is 1. The van der Waals surface area contributed by atoms with E-state index < -0.39 is 11.7 Å². The van der Waals surface area contributed by atoms with Crippen LogP contribution in [0.15, 0.2) is 66.0 Å². The highest BCUT2D eigenvalue weighted by molar-refractivity contribution is 7.99. The Balaban J connectivity index is 1.62. The number of benzene rings is 1. The number of amides is 1. The quantitative estimate of drug-likeness (QED) is 0.485. The van der Waals surface area contributed by atoms with Crippen molar-refractivity contribution in [1.82, 2.24) is 15.3 Å². The molecule has 0 atom stereocenters. The van der Waals surface area contributed by atoms with Gasteiger partial charge in [0, 0.05) is 25.0 Å². The number of rotatable bonds is 9. The van der Waals surface area contributed by atoms with Crippen LogP contribution in [0, 0.1) is 0 Å². The van der Waals surface area contributed by atoms with Crippen LogP contribution in [-0.4, -0.2) is 28.2 Å². The predicted molar refractivity (Wildman–Crippen MR) is 109 cm³/mol. The second kappa shape index (κ2) is 10.5. The minimum atomic E-state index is -2.66. The van der Waals surface area contributed by atoms with Crippen molar-refractivity contribution < 1.29 is 23.0 Å². The second-order valence-electron chi connectivity index (χ2n) is 5.93. The average Bonchev–Trinajstić information content (AvgIpc) is 2.74. The zero-order valence-corrected chi connectivity index (χ0v) is 16.9. The summed E-state index contributed by atoms with van der Waals surface area (Å²) in [4.78, 5) is 20.4. The number of alkyl halides is 2. The molecule has 0 aliphatic carbocycles. The lowest BCUT2D eigenvalue weighted by Crippen LogP contribution is -2.23. The normalized spacial score (nSPS) is 10.7. The van der Waals surface area contributed by atoms with Gasteiger partial charge in [0.1, 0.15) is 16.5 Å². The Labute approximate surface area is 176 Å². The van der Waals surface area contributed by atoms with Gasteiger partial charge in [0.15, 0.2) is 0 Å². The van der Waals surface area contributed by atoms with Crippen LogP contribution < -0.4 is 14.8 Å². The maximum atomic E-state index is 12.7. The molecule has 0 radical (unpaired) electrons. The number of thioether (sulfide) groups is 1.